The summed E-state index contributed by atoms with van der Waals surface area (Å²) in [6.07, 6.45) is 0. The van der Waals surface area contributed by atoms with Gasteiger partial charge in [-0.2, -0.15) is 0 Å². The molecule has 2 nitrogen and oxygen atoms in total. The quantitative estimate of drug-likeness (QED) is 0.840. The van der Waals surface area contributed by atoms with Crippen LogP contribution < -0.4 is 5.32 Å². The largest absolute Gasteiger partial charge is 0.508 e. The summed E-state index contributed by atoms with van der Waals surface area (Å²) < 4.78 is 0. The Kier molecular flexibility index (Phi) is 4.01. The van der Waals surface area contributed by atoms with Crippen molar-refractivity contribution in [3.63, 3.8) is 0 Å². The van der Waals surface area contributed by atoms with Gasteiger partial charge in [0.25, 0.3) is 0 Å². The first-order valence-electron chi connectivity index (χ1n) is 6.30. The van der Waals surface area contributed by atoms with Crippen molar-refractivity contribution in [2.45, 2.75) is 26.8 Å². The van der Waals surface area contributed by atoms with Crippen molar-refractivity contribution in [1.29, 1.82) is 0 Å². The van der Waals surface area contributed by atoms with Crippen LogP contribution in [0.2, 0.25) is 5.02 Å². The highest BCUT2D eigenvalue weighted by atomic mass is 35.5. The molecule has 100 valence electrons. The molecule has 2 aromatic rings. The lowest BCUT2D eigenvalue weighted by molar-refractivity contribution is 0.465. The van der Waals surface area contributed by atoms with Crippen LogP contribution in [0.1, 0.15) is 29.7 Å². The highest BCUT2D eigenvalue weighted by molar-refractivity contribution is 6.31. The van der Waals surface area contributed by atoms with Crippen molar-refractivity contribution in [3.05, 3.63) is 58.1 Å². The van der Waals surface area contributed by atoms with Crippen molar-refractivity contribution >= 4 is 17.3 Å². The summed E-state index contributed by atoms with van der Waals surface area (Å²) in [5.41, 5.74) is 3.93. The molecular formula is C16H18ClNO. The Labute approximate surface area is 119 Å². The van der Waals surface area contributed by atoms with Gasteiger partial charge in [-0.05, 0) is 50.1 Å². The SMILES string of the molecule is Cc1ccc(C(C)Nc2cccc(Cl)c2C)c(O)c1. The number of hydrogen-bond donors (Lipinski definition) is 2. The van der Waals surface area contributed by atoms with E-state index >= 15 is 0 Å². The Bertz CT molecular complexity index is 595. The maximum Gasteiger partial charge on any atom is 0.121 e. The maximum absolute atomic E-state index is 10.00. The third-order valence-electron chi connectivity index (χ3n) is 3.29. The first-order chi connectivity index (χ1) is 8.99. The van der Waals surface area contributed by atoms with Gasteiger partial charge in [0.1, 0.15) is 5.75 Å². The molecule has 0 aromatic heterocycles. The zero-order valence-electron chi connectivity index (χ0n) is 11.4. The van der Waals surface area contributed by atoms with E-state index < -0.39 is 0 Å². The van der Waals surface area contributed by atoms with Crippen LogP contribution in [0, 0.1) is 13.8 Å². The Hall–Kier alpha value is -1.67. The monoisotopic (exact) mass is 275 g/mol. The van der Waals surface area contributed by atoms with E-state index in [1.807, 2.05) is 51.1 Å². The lowest BCUT2D eigenvalue weighted by Gasteiger charge is -2.19. The molecule has 2 aromatic carbocycles. The molecule has 0 aliphatic rings. The predicted octanol–water partition coefficient (Wildman–Crippen LogP) is 4.84. The minimum absolute atomic E-state index is 0.0118. The number of benzene rings is 2. The Balaban J connectivity index is 2.25. The molecule has 0 aliphatic carbocycles. The number of aryl methyl sites for hydroxylation is 1. The molecule has 2 N–H and O–H groups in total. The third kappa shape index (κ3) is 3.02. The van der Waals surface area contributed by atoms with E-state index in [4.69, 9.17) is 11.6 Å². The van der Waals surface area contributed by atoms with Crippen LogP contribution in [0.5, 0.6) is 5.75 Å². The summed E-state index contributed by atoms with van der Waals surface area (Å²) in [4.78, 5) is 0. The van der Waals surface area contributed by atoms with Crippen LogP contribution in [0.4, 0.5) is 5.69 Å². The van der Waals surface area contributed by atoms with Gasteiger partial charge in [-0.25, -0.2) is 0 Å². The van der Waals surface area contributed by atoms with Gasteiger partial charge in [-0.1, -0.05) is 29.8 Å². The molecule has 19 heavy (non-hydrogen) atoms. The highest BCUT2D eigenvalue weighted by Gasteiger charge is 2.12. The van der Waals surface area contributed by atoms with E-state index in [1.54, 1.807) is 6.07 Å². The van der Waals surface area contributed by atoms with E-state index in [2.05, 4.69) is 5.32 Å². The van der Waals surface area contributed by atoms with Gasteiger partial charge < -0.3 is 10.4 Å². The normalized spacial score (nSPS) is 12.2. The number of aromatic hydroxyl groups is 1. The summed E-state index contributed by atoms with van der Waals surface area (Å²) in [7, 11) is 0. The van der Waals surface area contributed by atoms with Gasteiger partial charge >= 0.3 is 0 Å². The molecule has 0 aliphatic heterocycles. The van der Waals surface area contributed by atoms with Crippen LogP contribution in [0.15, 0.2) is 36.4 Å². The molecule has 3 heteroatoms. The molecule has 0 saturated heterocycles. The lowest BCUT2D eigenvalue weighted by Crippen LogP contribution is -2.08. The van der Waals surface area contributed by atoms with E-state index in [0.717, 1.165) is 27.4 Å². The zero-order chi connectivity index (χ0) is 14.0. The van der Waals surface area contributed by atoms with Gasteiger partial charge in [0.2, 0.25) is 0 Å². The fourth-order valence-corrected chi connectivity index (χ4v) is 2.27. The smallest absolute Gasteiger partial charge is 0.121 e. The first kappa shape index (κ1) is 13.8. The molecule has 0 spiro atoms. The standard InChI is InChI=1S/C16H18ClNO/c1-10-7-8-13(16(19)9-10)12(3)18-15-6-4-5-14(17)11(15)2/h4-9,12,18-19H,1-3H3. The van der Waals surface area contributed by atoms with Gasteiger partial charge in [0, 0.05) is 16.3 Å². The maximum atomic E-state index is 10.00. The summed E-state index contributed by atoms with van der Waals surface area (Å²) >= 11 is 6.11. The van der Waals surface area contributed by atoms with E-state index in [-0.39, 0.29) is 6.04 Å². The summed E-state index contributed by atoms with van der Waals surface area (Å²) in [5.74, 6) is 0.319. The van der Waals surface area contributed by atoms with Crippen LogP contribution in [-0.2, 0) is 0 Å². The molecule has 0 amide bonds. The van der Waals surface area contributed by atoms with Gasteiger partial charge in [-0.15, -0.1) is 0 Å². The molecule has 1 unspecified atom stereocenters. The first-order valence-corrected chi connectivity index (χ1v) is 6.68. The second kappa shape index (κ2) is 5.54. The summed E-state index contributed by atoms with van der Waals surface area (Å²) in [6.45, 7) is 5.96. The van der Waals surface area contributed by atoms with E-state index in [1.165, 1.54) is 0 Å². The second-order valence-electron chi connectivity index (χ2n) is 4.84. The fraction of sp³-hybridized carbons (Fsp3) is 0.250. The Morgan fingerprint density at radius 2 is 1.89 bits per heavy atom. The number of phenolic OH excluding ortho intramolecular Hbond substituents is 1. The fourth-order valence-electron chi connectivity index (χ4n) is 2.09. The summed E-state index contributed by atoms with van der Waals surface area (Å²) in [5, 5.41) is 14.1. The van der Waals surface area contributed by atoms with Crippen LogP contribution in [-0.4, -0.2) is 5.11 Å². The van der Waals surface area contributed by atoms with Gasteiger partial charge in [0.15, 0.2) is 0 Å². The molecular weight excluding hydrogens is 258 g/mol. The number of rotatable bonds is 3. The minimum atomic E-state index is 0.0118. The number of hydrogen-bond acceptors (Lipinski definition) is 2. The highest BCUT2D eigenvalue weighted by Crippen LogP contribution is 2.30. The van der Waals surface area contributed by atoms with Crippen LogP contribution in [0.3, 0.4) is 0 Å². The van der Waals surface area contributed by atoms with Crippen molar-refractivity contribution in [2.75, 3.05) is 5.32 Å². The molecule has 0 radical (unpaired) electrons. The molecule has 0 saturated carbocycles. The number of anilines is 1. The van der Waals surface area contributed by atoms with Crippen LogP contribution >= 0.6 is 11.6 Å². The molecule has 0 bridgehead atoms. The summed E-state index contributed by atoms with van der Waals surface area (Å²) in [6, 6.07) is 11.5. The second-order valence-corrected chi connectivity index (χ2v) is 5.25. The minimum Gasteiger partial charge on any atom is -0.508 e. The molecule has 0 heterocycles. The van der Waals surface area contributed by atoms with E-state index in [0.29, 0.717) is 5.75 Å². The number of nitrogens with one attached hydrogen (secondary N) is 1. The van der Waals surface area contributed by atoms with Crippen molar-refractivity contribution in [3.8, 4) is 5.75 Å². The van der Waals surface area contributed by atoms with Crippen molar-refractivity contribution in [2.24, 2.45) is 0 Å². The molecule has 2 rings (SSSR count). The Morgan fingerprint density at radius 3 is 2.58 bits per heavy atom. The third-order valence-corrected chi connectivity index (χ3v) is 3.70. The lowest BCUT2D eigenvalue weighted by atomic mass is 10.0. The van der Waals surface area contributed by atoms with Crippen LogP contribution in [0.25, 0.3) is 0 Å². The van der Waals surface area contributed by atoms with Crippen molar-refractivity contribution in [1.82, 2.24) is 0 Å². The van der Waals surface area contributed by atoms with Gasteiger partial charge in [-0.3, -0.25) is 0 Å². The topological polar surface area (TPSA) is 32.3 Å². The molecule has 1 atom stereocenters. The average Bonchev–Trinajstić information content (AvgIpc) is 2.34. The number of halogens is 1. The Morgan fingerprint density at radius 1 is 1.16 bits per heavy atom. The number of phenols is 1. The zero-order valence-corrected chi connectivity index (χ0v) is 12.1. The van der Waals surface area contributed by atoms with Gasteiger partial charge in [0.05, 0.1) is 6.04 Å². The van der Waals surface area contributed by atoms with Crippen molar-refractivity contribution < 1.29 is 5.11 Å². The predicted molar refractivity (Wildman–Crippen MR) is 81.1 cm³/mol. The molecule has 0 fully saturated rings. The average molecular weight is 276 g/mol. The van der Waals surface area contributed by atoms with E-state index in [9.17, 15) is 5.11 Å².